The Balaban J connectivity index is 2.48. The van der Waals surface area contributed by atoms with Crippen LogP contribution >= 0.6 is 11.3 Å². The van der Waals surface area contributed by atoms with E-state index >= 15 is 0 Å². The number of carbonyl (C=O) groups excluding carboxylic acids is 1. The molecule has 1 unspecified atom stereocenters. The highest BCUT2D eigenvalue weighted by atomic mass is 32.1. The zero-order chi connectivity index (χ0) is 12.8. The van der Waals surface area contributed by atoms with Crippen LogP contribution in [0.4, 0.5) is 0 Å². The Labute approximate surface area is 107 Å². The maximum absolute atomic E-state index is 11.6. The zero-order valence-corrected chi connectivity index (χ0v) is 11.5. The fourth-order valence-electron chi connectivity index (χ4n) is 1.74. The average molecular weight is 252 g/mol. The molecular weight excluding hydrogens is 232 g/mol. The van der Waals surface area contributed by atoms with Gasteiger partial charge < -0.3 is 10.6 Å². The van der Waals surface area contributed by atoms with Crippen molar-refractivity contribution in [3.63, 3.8) is 0 Å². The summed E-state index contributed by atoms with van der Waals surface area (Å²) in [7, 11) is 0. The molecule has 1 aromatic heterocycles. The average Bonchev–Trinajstić information content (AvgIpc) is 2.58. The Kier molecular flexibility index (Phi) is 5.38. The van der Waals surface area contributed by atoms with Crippen LogP contribution in [0.2, 0.25) is 0 Å². The van der Waals surface area contributed by atoms with Gasteiger partial charge in [0, 0.05) is 16.3 Å². The molecule has 0 aliphatic carbocycles. The molecule has 0 radical (unpaired) electrons. The number of carbonyl (C=O) groups is 1. The fraction of sp³-hybridized carbons (Fsp3) is 0.462. The number of aryl methyl sites for hydroxylation is 2. The van der Waals surface area contributed by atoms with Crippen LogP contribution in [0.1, 0.15) is 28.3 Å². The predicted octanol–water partition coefficient (Wildman–Crippen LogP) is 2.32. The Morgan fingerprint density at radius 1 is 1.59 bits per heavy atom. The van der Waals surface area contributed by atoms with Gasteiger partial charge in [-0.3, -0.25) is 4.79 Å². The second-order valence-electron chi connectivity index (χ2n) is 4.08. The second kappa shape index (κ2) is 6.57. The number of hydrogen-bond acceptors (Lipinski definition) is 3. The molecule has 1 atom stereocenters. The molecule has 0 aliphatic rings. The summed E-state index contributed by atoms with van der Waals surface area (Å²) >= 11 is 1.77. The van der Waals surface area contributed by atoms with Crippen molar-refractivity contribution in [3.05, 3.63) is 34.0 Å². The Morgan fingerprint density at radius 2 is 2.29 bits per heavy atom. The quantitative estimate of drug-likeness (QED) is 0.602. The van der Waals surface area contributed by atoms with Gasteiger partial charge in [0.1, 0.15) is 0 Å². The van der Waals surface area contributed by atoms with Gasteiger partial charge in [-0.2, -0.15) is 0 Å². The van der Waals surface area contributed by atoms with E-state index in [1.807, 2.05) is 6.92 Å². The lowest BCUT2D eigenvalue weighted by molar-refractivity contribution is -0.120. The molecule has 0 aromatic carbocycles. The Morgan fingerprint density at radius 3 is 2.82 bits per heavy atom. The van der Waals surface area contributed by atoms with Crippen molar-refractivity contribution in [1.29, 1.82) is 0 Å². The van der Waals surface area contributed by atoms with Crippen LogP contribution in [0.3, 0.4) is 0 Å². The first-order valence-electron chi connectivity index (χ1n) is 5.72. The third-order valence-corrected chi connectivity index (χ3v) is 3.48. The van der Waals surface area contributed by atoms with Gasteiger partial charge >= 0.3 is 0 Å². The van der Waals surface area contributed by atoms with E-state index in [0.717, 1.165) is 0 Å². The minimum absolute atomic E-state index is 0.0163. The monoisotopic (exact) mass is 252 g/mol. The highest BCUT2D eigenvalue weighted by Gasteiger charge is 2.13. The van der Waals surface area contributed by atoms with Crippen LogP contribution in [0.25, 0.3) is 0 Å². The zero-order valence-electron chi connectivity index (χ0n) is 10.7. The second-order valence-corrected chi connectivity index (χ2v) is 5.54. The molecule has 2 N–H and O–H groups in total. The van der Waals surface area contributed by atoms with Gasteiger partial charge in [-0.15, -0.1) is 17.9 Å². The van der Waals surface area contributed by atoms with Gasteiger partial charge in [0.25, 0.3) is 0 Å². The molecule has 0 spiro atoms. The Hall–Kier alpha value is -1.13. The SMILES string of the molecule is C=CCNCC(=O)NC(C)c1cc(C)sc1C. The fourth-order valence-corrected chi connectivity index (χ4v) is 2.76. The molecule has 1 rings (SSSR count). The number of nitrogens with one attached hydrogen (secondary N) is 2. The molecule has 1 heterocycles. The van der Waals surface area contributed by atoms with Gasteiger partial charge in [0.15, 0.2) is 0 Å². The maximum Gasteiger partial charge on any atom is 0.234 e. The largest absolute Gasteiger partial charge is 0.348 e. The first-order chi connectivity index (χ1) is 8.04. The van der Waals surface area contributed by atoms with Gasteiger partial charge in [-0.1, -0.05) is 6.08 Å². The lowest BCUT2D eigenvalue weighted by Crippen LogP contribution is -2.35. The van der Waals surface area contributed by atoms with E-state index in [1.54, 1.807) is 17.4 Å². The smallest absolute Gasteiger partial charge is 0.234 e. The minimum atomic E-state index is 0.0163. The molecule has 17 heavy (non-hydrogen) atoms. The lowest BCUT2D eigenvalue weighted by atomic mass is 10.1. The number of rotatable bonds is 6. The highest BCUT2D eigenvalue weighted by Crippen LogP contribution is 2.25. The molecule has 0 aliphatic heterocycles. The van der Waals surface area contributed by atoms with Gasteiger partial charge in [-0.25, -0.2) is 0 Å². The van der Waals surface area contributed by atoms with Crippen LogP contribution in [-0.2, 0) is 4.79 Å². The van der Waals surface area contributed by atoms with Crippen LogP contribution < -0.4 is 10.6 Å². The van der Waals surface area contributed by atoms with Crippen LogP contribution in [0.15, 0.2) is 18.7 Å². The summed E-state index contributed by atoms with van der Waals surface area (Å²) in [6.45, 7) is 10.8. The molecule has 94 valence electrons. The van der Waals surface area contributed by atoms with E-state index in [2.05, 4.69) is 37.1 Å². The van der Waals surface area contributed by atoms with E-state index in [1.165, 1.54) is 15.3 Å². The van der Waals surface area contributed by atoms with Crippen LogP contribution in [-0.4, -0.2) is 19.0 Å². The molecule has 1 aromatic rings. The first-order valence-corrected chi connectivity index (χ1v) is 6.54. The number of thiophene rings is 1. The van der Waals surface area contributed by atoms with Crippen molar-refractivity contribution in [3.8, 4) is 0 Å². The van der Waals surface area contributed by atoms with Crippen molar-refractivity contribution < 1.29 is 4.79 Å². The number of amides is 1. The first kappa shape index (κ1) is 13.9. The summed E-state index contributed by atoms with van der Waals surface area (Å²) in [6.07, 6.45) is 1.74. The summed E-state index contributed by atoms with van der Waals surface area (Å²) in [4.78, 5) is 14.2. The topological polar surface area (TPSA) is 41.1 Å². The number of hydrogen-bond donors (Lipinski definition) is 2. The van der Waals surface area contributed by atoms with E-state index in [9.17, 15) is 4.79 Å². The minimum Gasteiger partial charge on any atom is -0.348 e. The summed E-state index contributed by atoms with van der Waals surface area (Å²) in [5.74, 6) is 0.0163. The van der Waals surface area contributed by atoms with E-state index < -0.39 is 0 Å². The molecule has 0 fully saturated rings. The highest BCUT2D eigenvalue weighted by molar-refractivity contribution is 7.12. The summed E-state index contributed by atoms with van der Waals surface area (Å²) in [5.41, 5.74) is 1.21. The molecule has 4 heteroatoms. The maximum atomic E-state index is 11.6. The summed E-state index contributed by atoms with van der Waals surface area (Å²) in [5, 5.41) is 5.96. The molecular formula is C13H20N2OS. The molecule has 0 saturated carbocycles. The normalized spacial score (nSPS) is 12.2. The third kappa shape index (κ3) is 4.32. The van der Waals surface area contributed by atoms with Crippen molar-refractivity contribution >= 4 is 17.2 Å². The van der Waals surface area contributed by atoms with Crippen molar-refractivity contribution in [2.75, 3.05) is 13.1 Å². The van der Waals surface area contributed by atoms with E-state index in [-0.39, 0.29) is 11.9 Å². The standard InChI is InChI=1S/C13H20N2OS/c1-5-6-14-8-13(16)15-10(3)12-7-9(2)17-11(12)4/h5,7,10,14H,1,6,8H2,2-4H3,(H,15,16). The van der Waals surface area contributed by atoms with Crippen LogP contribution in [0.5, 0.6) is 0 Å². The van der Waals surface area contributed by atoms with Gasteiger partial charge in [0.05, 0.1) is 12.6 Å². The van der Waals surface area contributed by atoms with Crippen molar-refractivity contribution in [2.24, 2.45) is 0 Å². The van der Waals surface area contributed by atoms with E-state index in [0.29, 0.717) is 13.1 Å². The van der Waals surface area contributed by atoms with E-state index in [4.69, 9.17) is 0 Å². The summed E-state index contributed by atoms with van der Waals surface area (Å²) in [6, 6.07) is 2.21. The molecule has 0 saturated heterocycles. The van der Waals surface area contributed by atoms with Crippen molar-refractivity contribution in [1.82, 2.24) is 10.6 Å². The third-order valence-electron chi connectivity index (χ3n) is 2.50. The van der Waals surface area contributed by atoms with Crippen molar-refractivity contribution in [2.45, 2.75) is 26.8 Å². The Bertz CT molecular complexity index is 398. The molecule has 1 amide bonds. The molecule has 3 nitrogen and oxygen atoms in total. The molecule has 0 bridgehead atoms. The summed E-state index contributed by atoms with van der Waals surface area (Å²) < 4.78 is 0. The van der Waals surface area contributed by atoms with Gasteiger partial charge in [0.2, 0.25) is 5.91 Å². The lowest BCUT2D eigenvalue weighted by Gasteiger charge is -2.14. The predicted molar refractivity (Wildman–Crippen MR) is 73.4 cm³/mol. The van der Waals surface area contributed by atoms with Crippen LogP contribution in [0, 0.1) is 13.8 Å². The van der Waals surface area contributed by atoms with Gasteiger partial charge in [-0.05, 0) is 32.4 Å².